The van der Waals surface area contributed by atoms with Crippen molar-refractivity contribution in [2.75, 3.05) is 26.2 Å². The molecule has 0 bridgehead atoms. The fourth-order valence-electron chi connectivity index (χ4n) is 2.95. The van der Waals surface area contributed by atoms with Crippen LogP contribution in [0.4, 0.5) is 4.79 Å². The van der Waals surface area contributed by atoms with Gasteiger partial charge in [0.2, 0.25) is 5.91 Å². The van der Waals surface area contributed by atoms with Crippen LogP contribution in [0.15, 0.2) is 27.6 Å². The normalized spacial score (nSPS) is 18.7. The summed E-state index contributed by atoms with van der Waals surface area (Å²) in [5, 5.41) is -0.412. The predicted octanol–water partition coefficient (Wildman–Crippen LogP) is 3.90. The van der Waals surface area contributed by atoms with Gasteiger partial charge >= 0.3 is 0 Å². The Kier molecular flexibility index (Phi) is 6.59. The molecule has 2 saturated heterocycles. The van der Waals surface area contributed by atoms with Crippen LogP contribution in [0, 0.1) is 0 Å². The van der Waals surface area contributed by atoms with Crippen LogP contribution >= 0.6 is 27.7 Å². The molecule has 0 unspecified atom stereocenters. The van der Waals surface area contributed by atoms with Gasteiger partial charge in [-0.15, -0.1) is 0 Å². The van der Waals surface area contributed by atoms with E-state index in [-0.39, 0.29) is 12.5 Å². The van der Waals surface area contributed by atoms with E-state index < -0.39 is 11.1 Å². The molecule has 6 nitrogen and oxygen atoms in total. The molecule has 1 aromatic carbocycles. The van der Waals surface area contributed by atoms with Crippen molar-refractivity contribution >= 4 is 50.8 Å². The van der Waals surface area contributed by atoms with Gasteiger partial charge in [0.05, 0.1) is 11.5 Å². The van der Waals surface area contributed by atoms with Gasteiger partial charge in [-0.2, -0.15) is 0 Å². The number of halogens is 1. The second-order valence-electron chi connectivity index (χ2n) is 6.39. The SMILES string of the molecule is CCCOc1ccc(Br)cc1/C=C1/SC(=O)N(CC(=O)N2CCCC2)C1=O. The van der Waals surface area contributed by atoms with Crippen LogP contribution in [0.5, 0.6) is 5.75 Å². The van der Waals surface area contributed by atoms with Crippen molar-refractivity contribution in [1.29, 1.82) is 0 Å². The summed E-state index contributed by atoms with van der Waals surface area (Å²) in [6.45, 7) is 3.78. The Morgan fingerprint density at radius 2 is 2.04 bits per heavy atom. The summed E-state index contributed by atoms with van der Waals surface area (Å²) >= 11 is 4.28. The molecule has 0 atom stereocenters. The molecule has 0 radical (unpaired) electrons. The van der Waals surface area contributed by atoms with Crippen LogP contribution in [0.1, 0.15) is 31.7 Å². The summed E-state index contributed by atoms with van der Waals surface area (Å²) in [5.74, 6) is 0.0458. The lowest BCUT2D eigenvalue weighted by molar-refractivity contribution is -0.135. The molecule has 2 aliphatic heterocycles. The smallest absolute Gasteiger partial charge is 0.294 e. The lowest BCUT2D eigenvalue weighted by atomic mass is 10.2. The first-order valence-electron chi connectivity index (χ1n) is 8.95. The number of hydrogen-bond donors (Lipinski definition) is 0. The monoisotopic (exact) mass is 452 g/mol. The lowest BCUT2D eigenvalue weighted by Crippen LogP contribution is -2.40. The maximum atomic E-state index is 12.7. The van der Waals surface area contributed by atoms with Gasteiger partial charge < -0.3 is 9.64 Å². The first-order chi connectivity index (χ1) is 13.0. The van der Waals surface area contributed by atoms with Gasteiger partial charge in [-0.05, 0) is 55.3 Å². The number of imide groups is 1. The molecule has 0 spiro atoms. The van der Waals surface area contributed by atoms with Gasteiger partial charge in [-0.25, -0.2) is 0 Å². The minimum Gasteiger partial charge on any atom is -0.493 e. The standard InChI is InChI=1S/C19H21BrN2O4S/c1-2-9-26-15-6-5-14(20)10-13(15)11-16-18(24)22(19(25)27-16)12-17(23)21-7-3-4-8-21/h5-6,10-11H,2-4,7-9,12H2,1H3/b16-11+. The molecule has 3 rings (SSSR count). The van der Waals surface area contributed by atoms with Crippen LogP contribution in [0.2, 0.25) is 0 Å². The number of carbonyl (C=O) groups is 3. The van der Waals surface area contributed by atoms with E-state index in [9.17, 15) is 14.4 Å². The van der Waals surface area contributed by atoms with E-state index in [1.54, 1.807) is 11.0 Å². The molecule has 2 aliphatic rings. The number of carbonyl (C=O) groups excluding carboxylic acids is 3. The molecule has 3 amide bonds. The van der Waals surface area contributed by atoms with Gasteiger partial charge in [0, 0.05) is 23.1 Å². The molecule has 8 heteroatoms. The van der Waals surface area contributed by atoms with E-state index in [1.807, 2.05) is 25.1 Å². The number of nitrogens with zero attached hydrogens (tertiary/aromatic N) is 2. The van der Waals surface area contributed by atoms with Gasteiger partial charge in [0.25, 0.3) is 11.1 Å². The Morgan fingerprint density at radius 3 is 2.74 bits per heavy atom. The van der Waals surface area contributed by atoms with Crippen molar-refractivity contribution < 1.29 is 19.1 Å². The topological polar surface area (TPSA) is 66.9 Å². The number of rotatable bonds is 6. The first kappa shape index (κ1) is 19.9. The molecular weight excluding hydrogens is 432 g/mol. The quantitative estimate of drug-likeness (QED) is 0.612. The van der Waals surface area contributed by atoms with Crippen molar-refractivity contribution in [3.63, 3.8) is 0 Å². The molecular formula is C19H21BrN2O4S. The third kappa shape index (κ3) is 4.73. The third-order valence-electron chi connectivity index (χ3n) is 4.35. The predicted molar refractivity (Wildman–Crippen MR) is 108 cm³/mol. The molecule has 1 aromatic rings. The Balaban J connectivity index is 1.78. The third-order valence-corrected chi connectivity index (χ3v) is 5.75. The van der Waals surface area contributed by atoms with Crippen molar-refractivity contribution in [2.24, 2.45) is 0 Å². The summed E-state index contributed by atoms with van der Waals surface area (Å²) in [5.41, 5.74) is 0.717. The summed E-state index contributed by atoms with van der Waals surface area (Å²) in [7, 11) is 0. The van der Waals surface area contributed by atoms with Crippen LogP contribution in [-0.2, 0) is 9.59 Å². The molecule has 27 heavy (non-hydrogen) atoms. The number of likely N-dealkylation sites (tertiary alicyclic amines) is 1. The van der Waals surface area contributed by atoms with E-state index in [1.165, 1.54) is 0 Å². The number of ether oxygens (including phenoxy) is 1. The highest BCUT2D eigenvalue weighted by atomic mass is 79.9. The minimum absolute atomic E-state index is 0.175. The Bertz CT molecular complexity index is 790. The highest BCUT2D eigenvalue weighted by molar-refractivity contribution is 9.10. The maximum absolute atomic E-state index is 12.7. The van der Waals surface area contributed by atoms with Gasteiger partial charge in [0.1, 0.15) is 12.3 Å². The number of amides is 3. The average Bonchev–Trinajstić information content (AvgIpc) is 3.26. The maximum Gasteiger partial charge on any atom is 0.294 e. The Hall–Kier alpha value is -1.80. The summed E-state index contributed by atoms with van der Waals surface area (Å²) in [4.78, 5) is 40.3. The van der Waals surface area contributed by atoms with Crippen LogP contribution in [0.25, 0.3) is 6.08 Å². The zero-order chi connectivity index (χ0) is 19.4. The Labute approximate surface area is 171 Å². The second-order valence-corrected chi connectivity index (χ2v) is 8.30. The van der Waals surface area contributed by atoms with Crippen LogP contribution in [0.3, 0.4) is 0 Å². The zero-order valence-electron chi connectivity index (χ0n) is 15.1. The highest BCUT2D eigenvalue weighted by Gasteiger charge is 2.37. The van der Waals surface area contributed by atoms with Gasteiger partial charge in [-0.3, -0.25) is 19.3 Å². The van der Waals surface area contributed by atoms with E-state index in [4.69, 9.17) is 4.74 Å². The number of thioether (sulfide) groups is 1. The molecule has 0 aliphatic carbocycles. The molecule has 2 heterocycles. The molecule has 144 valence electrons. The van der Waals surface area contributed by atoms with E-state index >= 15 is 0 Å². The van der Waals surface area contributed by atoms with Crippen molar-refractivity contribution in [3.05, 3.63) is 33.1 Å². The van der Waals surface area contributed by atoms with Crippen molar-refractivity contribution in [3.8, 4) is 5.75 Å². The molecule has 2 fully saturated rings. The fraction of sp³-hybridized carbons (Fsp3) is 0.421. The summed E-state index contributed by atoms with van der Waals surface area (Å²) in [6.07, 6.45) is 4.46. The highest BCUT2D eigenvalue weighted by Crippen LogP contribution is 2.35. The van der Waals surface area contributed by atoms with Crippen molar-refractivity contribution in [1.82, 2.24) is 9.80 Å². The summed E-state index contributed by atoms with van der Waals surface area (Å²) < 4.78 is 6.58. The first-order valence-corrected chi connectivity index (χ1v) is 10.6. The van der Waals surface area contributed by atoms with Crippen LogP contribution in [-0.4, -0.2) is 53.1 Å². The van der Waals surface area contributed by atoms with Gasteiger partial charge in [0.15, 0.2) is 0 Å². The fourth-order valence-corrected chi connectivity index (χ4v) is 4.16. The second kappa shape index (κ2) is 8.93. The van der Waals surface area contributed by atoms with E-state index in [2.05, 4.69) is 15.9 Å². The average molecular weight is 453 g/mol. The molecule has 0 saturated carbocycles. The molecule has 0 N–H and O–H groups in total. The lowest BCUT2D eigenvalue weighted by Gasteiger charge is -2.18. The number of hydrogen-bond acceptors (Lipinski definition) is 5. The van der Waals surface area contributed by atoms with Crippen LogP contribution < -0.4 is 4.74 Å². The summed E-state index contributed by atoms with van der Waals surface area (Å²) in [6, 6.07) is 5.53. The van der Waals surface area contributed by atoms with Gasteiger partial charge in [-0.1, -0.05) is 22.9 Å². The minimum atomic E-state index is -0.432. The number of benzene rings is 1. The largest absolute Gasteiger partial charge is 0.493 e. The zero-order valence-corrected chi connectivity index (χ0v) is 17.5. The van der Waals surface area contributed by atoms with E-state index in [0.29, 0.717) is 35.9 Å². The van der Waals surface area contributed by atoms with Crippen molar-refractivity contribution in [2.45, 2.75) is 26.2 Å². The Morgan fingerprint density at radius 1 is 1.30 bits per heavy atom. The van der Waals surface area contributed by atoms with E-state index in [0.717, 1.165) is 40.4 Å². The molecule has 0 aromatic heterocycles.